The fraction of sp³-hybridized carbons (Fsp3) is 0.500. The molecule has 3 heteroatoms. The van der Waals surface area contributed by atoms with Crippen molar-refractivity contribution >= 4 is 0 Å². The van der Waals surface area contributed by atoms with Gasteiger partial charge in [-0.15, -0.1) is 0 Å². The van der Waals surface area contributed by atoms with Crippen molar-refractivity contribution < 1.29 is 13.9 Å². The Bertz CT molecular complexity index is 340. The van der Waals surface area contributed by atoms with E-state index in [9.17, 15) is 13.9 Å². The molecule has 15 heavy (non-hydrogen) atoms. The quantitative estimate of drug-likeness (QED) is 0.820. The Hall–Kier alpha value is -0.960. The maximum Gasteiger partial charge on any atom is 0.270 e. The molecule has 1 nitrogen and oxygen atoms in total. The smallest absolute Gasteiger partial charge is 0.270 e. The molecule has 0 aliphatic rings. The number of halogens is 2. The number of aryl methyl sites for hydroxylation is 1. The van der Waals surface area contributed by atoms with E-state index in [2.05, 4.69) is 0 Å². The summed E-state index contributed by atoms with van der Waals surface area (Å²) in [5.74, 6) is -2.85. The van der Waals surface area contributed by atoms with E-state index in [1.54, 1.807) is 19.1 Å². The topological polar surface area (TPSA) is 20.2 Å². The van der Waals surface area contributed by atoms with Crippen molar-refractivity contribution in [2.24, 2.45) is 0 Å². The van der Waals surface area contributed by atoms with Crippen LogP contribution in [-0.4, -0.2) is 11.2 Å². The van der Waals surface area contributed by atoms with Gasteiger partial charge in [0.1, 0.15) is 0 Å². The van der Waals surface area contributed by atoms with Crippen LogP contribution in [-0.2, 0) is 12.3 Å². The van der Waals surface area contributed by atoms with Gasteiger partial charge in [-0.2, -0.15) is 0 Å². The van der Waals surface area contributed by atoms with Crippen LogP contribution < -0.4 is 0 Å². The van der Waals surface area contributed by atoms with Crippen LogP contribution in [0.5, 0.6) is 0 Å². The highest BCUT2D eigenvalue weighted by atomic mass is 19.3. The van der Waals surface area contributed by atoms with Gasteiger partial charge >= 0.3 is 0 Å². The molecule has 0 saturated carbocycles. The third-order valence-electron chi connectivity index (χ3n) is 2.25. The summed E-state index contributed by atoms with van der Waals surface area (Å²) in [6, 6.07) is 4.81. The van der Waals surface area contributed by atoms with E-state index in [4.69, 9.17) is 0 Å². The second-order valence-corrected chi connectivity index (χ2v) is 4.10. The first-order valence-electron chi connectivity index (χ1n) is 4.96. The van der Waals surface area contributed by atoms with Gasteiger partial charge in [-0.25, -0.2) is 8.78 Å². The Morgan fingerprint density at radius 2 is 2.00 bits per heavy atom. The fourth-order valence-corrected chi connectivity index (χ4v) is 1.64. The predicted octanol–water partition coefficient (Wildman–Crippen LogP) is 3.03. The standard InChI is InChI=1S/C12H16F2O/c1-8-4-5-11(12(3,13)14)10(6-8)7-9(2)15/h4-6,9,15H,7H2,1-3H3. The molecule has 0 aliphatic heterocycles. The highest BCUT2D eigenvalue weighted by molar-refractivity contribution is 5.34. The molecular weight excluding hydrogens is 198 g/mol. The Kier molecular flexibility index (Phi) is 3.45. The number of hydrogen-bond acceptors (Lipinski definition) is 1. The molecule has 0 saturated heterocycles. The molecule has 1 N–H and O–H groups in total. The summed E-state index contributed by atoms with van der Waals surface area (Å²) in [7, 11) is 0. The zero-order valence-corrected chi connectivity index (χ0v) is 9.22. The van der Waals surface area contributed by atoms with E-state index in [1.807, 2.05) is 6.92 Å². The first-order chi connectivity index (χ1) is 6.80. The molecule has 0 spiro atoms. The van der Waals surface area contributed by atoms with Crippen molar-refractivity contribution in [1.82, 2.24) is 0 Å². The number of aliphatic hydroxyl groups is 1. The van der Waals surface area contributed by atoms with Crippen molar-refractivity contribution in [3.8, 4) is 0 Å². The second-order valence-electron chi connectivity index (χ2n) is 4.10. The third kappa shape index (κ3) is 3.27. The van der Waals surface area contributed by atoms with Gasteiger partial charge in [0.05, 0.1) is 6.10 Å². The maximum atomic E-state index is 13.2. The van der Waals surface area contributed by atoms with Gasteiger partial charge in [0.15, 0.2) is 0 Å². The lowest BCUT2D eigenvalue weighted by atomic mass is 9.96. The zero-order valence-electron chi connectivity index (χ0n) is 9.22. The van der Waals surface area contributed by atoms with Crippen molar-refractivity contribution in [2.75, 3.05) is 0 Å². The number of alkyl halides is 2. The molecule has 0 fully saturated rings. The van der Waals surface area contributed by atoms with Crippen LogP contribution in [0.3, 0.4) is 0 Å². The fourth-order valence-electron chi connectivity index (χ4n) is 1.64. The van der Waals surface area contributed by atoms with Crippen LogP contribution >= 0.6 is 0 Å². The summed E-state index contributed by atoms with van der Waals surface area (Å²) in [6.45, 7) is 4.33. The largest absolute Gasteiger partial charge is 0.393 e. The molecule has 0 heterocycles. The average molecular weight is 214 g/mol. The Balaban J connectivity index is 3.15. The van der Waals surface area contributed by atoms with Gasteiger partial charge in [0.2, 0.25) is 0 Å². The Morgan fingerprint density at radius 3 is 2.47 bits per heavy atom. The van der Waals surface area contributed by atoms with E-state index >= 15 is 0 Å². The number of benzene rings is 1. The molecule has 1 unspecified atom stereocenters. The Labute approximate surface area is 88.7 Å². The minimum atomic E-state index is -2.85. The molecule has 1 aromatic rings. The van der Waals surface area contributed by atoms with E-state index < -0.39 is 12.0 Å². The molecule has 1 atom stereocenters. The predicted molar refractivity (Wildman–Crippen MR) is 56.1 cm³/mol. The molecular formula is C12H16F2O. The van der Waals surface area contributed by atoms with Crippen molar-refractivity contribution in [1.29, 1.82) is 0 Å². The van der Waals surface area contributed by atoms with Gasteiger partial charge in [0, 0.05) is 12.5 Å². The van der Waals surface area contributed by atoms with Gasteiger partial charge in [-0.3, -0.25) is 0 Å². The van der Waals surface area contributed by atoms with Crippen LogP contribution in [0.1, 0.15) is 30.5 Å². The lowest BCUT2D eigenvalue weighted by Gasteiger charge is -2.17. The lowest BCUT2D eigenvalue weighted by Crippen LogP contribution is -2.14. The van der Waals surface area contributed by atoms with Crippen molar-refractivity contribution in [3.63, 3.8) is 0 Å². The lowest BCUT2D eigenvalue weighted by molar-refractivity contribution is 0.0161. The Morgan fingerprint density at radius 1 is 1.40 bits per heavy atom. The molecule has 0 aromatic heterocycles. The number of hydrogen-bond donors (Lipinski definition) is 1. The number of aliphatic hydroxyl groups excluding tert-OH is 1. The van der Waals surface area contributed by atoms with E-state index in [0.717, 1.165) is 12.5 Å². The first kappa shape index (κ1) is 12.1. The molecule has 1 aromatic carbocycles. The monoisotopic (exact) mass is 214 g/mol. The van der Waals surface area contributed by atoms with Crippen molar-refractivity contribution in [3.05, 3.63) is 34.9 Å². The van der Waals surface area contributed by atoms with Crippen LogP contribution in [0, 0.1) is 6.92 Å². The average Bonchev–Trinajstić information content (AvgIpc) is 1.99. The molecule has 0 aliphatic carbocycles. The van der Waals surface area contributed by atoms with E-state index in [-0.39, 0.29) is 12.0 Å². The SMILES string of the molecule is Cc1ccc(C(C)(F)F)c(CC(C)O)c1. The first-order valence-corrected chi connectivity index (χ1v) is 4.96. The van der Waals surface area contributed by atoms with Crippen molar-refractivity contribution in [2.45, 2.75) is 39.2 Å². The number of rotatable bonds is 3. The van der Waals surface area contributed by atoms with Gasteiger partial charge < -0.3 is 5.11 Å². The normalized spacial score (nSPS) is 14.0. The summed E-state index contributed by atoms with van der Waals surface area (Å²) in [6.07, 6.45) is -0.339. The summed E-state index contributed by atoms with van der Waals surface area (Å²) in [4.78, 5) is 0. The zero-order chi connectivity index (χ0) is 11.6. The highest BCUT2D eigenvalue weighted by Crippen LogP contribution is 2.31. The van der Waals surface area contributed by atoms with Crippen LogP contribution in [0.4, 0.5) is 8.78 Å². The molecule has 0 bridgehead atoms. The summed E-state index contributed by atoms with van der Waals surface area (Å²) in [5, 5.41) is 9.24. The molecule has 0 radical (unpaired) electrons. The van der Waals surface area contributed by atoms with Crippen LogP contribution in [0.25, 0.3) is 0 Å². The van der Waals surface area contributed by atoms with E-state index in [1.165, 1.54) is 6.07 Å². The molecule has 84 valence electrons. The third-order valence-corrected chi connectivity index (χ3v) is 2.25. The van der Waals surface area contributed by atoms with Gasteiger partial charge in [0.25, 0.3) is 5.92 Å². The minimum Gasteiger partial charge on any atom is -0.393 e. The summed E-state index contributed by atoms with van der Waals surface area (Å²) >= 11 is 0. The second kappa shape index (κ2) is 4.27. The van der Waals surface area contributed by atoms with Crippen LogP contribution in [0.2, 0.25) is 0 Å². The minimum absolute atomic E-state index is 0.00833. The maximum absolute atomic E-state index is 13.2. The van der Waals surface area contributed by atoms with E-state index in [0.29, 0.717) is 5.56 Å². The summed E-state index contributed by atoms with van der Waals surface area (Å²) < 4.78 is 26.4. The summed E-state index contributed by atoms with van der Waals surface area (Å²) in [5.41, 5.74) is 1.46. The van der Waals surface area contributed by atoms with Gasteiger partial charge in [-0.05, 0) is 25.8 Å². The molecule has 0 amide bonds. The van der Waals surface area contributed by atoms with Gasteiger partial charge in [-0.1, -0.05) is 23.8 Å². The van der Waals surface area contributed by atoms with Crippen LogP contribution in [0.15, 0.2) is 18.2 Å². The molecule has 1 rings (SSSR count). The highest BCUT2D eigenvalue weighted by Gasteiger charge is 2.27.